The van der Waals surface area contributed by atoms with Gasteiger partial charge < -0.3 is 15.4 Å². The van der Waals surface area contributed by atoms with Gasteiger partial charge in [0.2, 0.25) is 0 Å². The number of rotatable bonds is 8. The first-order valence-corrected chi connectivity index (χ1v) is 9.06. The lowest BCUT2D eigenvalue weighted by atomic mass is 10.2. The zero-order valence-corrected chi connectivity index (χ0v) is 15.9. The number of ether oxygens (including phenoxy) is 1. The molecule has 29 heavy (non-hydrogen) atoms. The third-order valence-corrected chi connectivity index (χ3v) is 4.12. The van der Waals surface area contributed by atoms with Crippen molar-refractivity contribution < 1.29 is 14.5 Å². The Morgan fingerprint density at radius 2 is 1.76 bits per heavy atom. The maximum Gasteiger partial charge on any atom is 0.271 e. The van der Waals surface area contributed by atoms with Crippen LogP contribution in [0.5, 0.6) is 5.75 Å². The molecular formula is C22H21N3O4. The summed E-state index contributed by atoms with van der Waals surface area (Å²) in [5.41, 5.74) is 3.41. The van der Waals surface area contributed by atoms with Crippen molar-refractivity contribution in [2.45, 2.75) is 13.5 Å². The first-order chi connectivity index (χ1) is 14.0. The summed E-state index contributed by atoms with van der Waals surface area (Å²) >= 11 is 0. The van der Waals surface area contributed by atoms with E-state index >= 15 is 0 Å². The number of hydrogen-bond acceptors (Lipinski definition) is 5. The number of amides is 1. The summed E-state index contributed by atoms with van der Waals surface area (Å²) in [6.45, 7) is 2.32. The van der Waals surface area contributed by atoms with Gasteiger partial charge in [-0.2, -0.15) is 0 Å². The minimum absolute atomic E-state index is 0.0340. The predicted octanol–water partition coefficient (Wildman–Crippen LogP) is 4.53. The molecule has 3 aromatic carbocycles. The molecule has 0 saturated heterocycles. The maximum atomic E-state index is 12.1. The van der Waals surface area contributed by atoms with Crippen LogP contribution in [0.4, 0.5) is 17.1 Å². The fraction of sp³-hybridized carbons (Fsp3) is 0.136. The SMILES string of the molecule is Cc1cccc(NC(=O)COc2cccc(CNc3cccc([N+](=O)[O-])c3)c2)c1. The fourth-order valence-corrected chi connectivity index (χ4v) is 2.75. The van der Waals surface area contributed by atoms with E-state index in [9.17, 15) is 14.9 Å². The number of anilines is 2. The molecule has 0 aromatic heterocycles. The average Bonchev–Trinajstić information content (AvgIpc) is 2.71. The van der Waals surface area contributed by atoms with Crippen LogP contribution < -0.4 is 15.4 Å². The number of nitro benzene ring substituents is 1. The first-order valence-electron chi connectivity index (χ1n) is 9.06. The number of carbonyl (C=O) groups is 1. The van der Waals surface area contributed by atoms with Crippen molar-refractivity contribution in [2.75, 3.05) is 17.2 Å². The number of nitro groups is 1. The molecule has 2 N–H and O–H groups in total. The zero-order valence-electron chi connectivity index (χ0n) is 15.9. The second kappa shape index (κ2) is 9.36. The van der Waals surface area contributed by atoms with Crippen LogP contribution >= 0.6 is 0 Å². The van der Waals surface area contributed by atoms with Crippen LogP contribution in [-0.2, 0) is 11.3 Å². The number of non-ortho nitro benzene ring substituents is 1. The Morgan fingerprint density at radius 3 is 2.55 bits per heavy atom. The number of aryl methyl sites for hydroxylation is 1. The second-order valence-corrected chi connectivity index (χ2v) is 6.51. The Balaban J connectivity index is 1.53. The van der Waals surface area contributed by atoms with Crippen LogP contribution in [0, 0.1) is 17.0 Å². The summed E-state index contributed by atoms with van der Waals surface area (Å²) in [6, 6.07) is 21.2. The molecule has 7 nitrogen and oxygen atoms in total. The lowest BCUT2D eigenvalue weighted by Crippen LogP contribution is -2.20. The van der Waals surface area contributed by atoms with Crippen LogP contribution in [0.3, 0.4) is 0 Å². The lowest BCUT2D eigenvalue weighted by molar-refractivity contribution is -0.384. The van der Waals surface area contributed by atoms with Crippen LogP contribution in [0.2, 0.25) is 0 Å². The summed E-state index contributed by atoms with van der Waals surface area (Å²) in [5, 5.41) is 16.8. The van der Waals surface area contributed by atoms with E-state index < -0.39 is 4.92 Å². The molecule has 0 atom stereocenters. The van der Waals surface area contributed by atoms with E-state index in [2.05, 4.69) is 10.6 Å². The van der Waals surface area contributed by atoms with E-state index in [0.717, 1.165) is 16.8 Å². The van der Waals surface area contributed by atoms with E-state index in [4.69, 9.17) is 4.74 Å². The van der Waals surface area contributed by atoms with Gasteiger partial charge in [0, 0.05) is 30.1 Å². The molecule has 0 heterocycles. The summed E-state index contributed by atoms with van der Waals surface area (Å²) in [5.74, 6) is 0.332. The standard InChI is InChI=1S/C22H21N3O4/c1-16-5-2-8-19(11-16)24-22(26)15-29-21-10-3-6-17(12-21)14-23-18-7-4-9-20(13-18)25(27)28/h2-13,23H,14-15H2,1H3,(H,24,26). The Labute approximate surface area is 168 Å². The van der Waals surface area contributed by atoms with Crippen molar-refractivity contribution in [3.8, 4) is 5.75 Å². The molecule has 0 fully saturated rings. The van der Waals surface area contributed by atoms with Gasteiger partial charge in [-0.1, -0.05) is 30.3 Å². The monoisotopic (exact) mass is 391 g/mol. The summed E-state index contributed by atoms with van der Waals surface area (Å²) in [4.78, 5) is 22.5. The minimum Gasteiger partial charge on any atom is -0.484 e. The van der Waals surface area contributed by atoms with Gasteiger partial charge in [-0.25, -0.2) is 0 Å². The third-order valence-electron chi connectivity index (χ3n) is 4.12. The highest BCUT2D eigenvalue weighted by Gasteiger charge is 2.07. The highest BCUT2D eigenvalue weighted by atomic mass is 16.6. The number of hydrogen-bond donors (Lipinski definition) is 2. The van der Waals surface area contributed by atoms with Crippen LogP contribution in [0.1, 0.15) is 11.1 Å². The lowest BCUT2D eigenvalue weighted by Gasteiger charge is -2.10. The van der Waals surface area contributed by atoms with Gasteiger partial charge in [-0.3, -0.25) is 14.9 Å². The number of nitrogens with one attached hydrogen (secondary N) is 2. The van der Waals surface area contributed by atoms with Crippen molar-refractivity contribution in [3.05, 3.63) is 94.0 Å². The predicted molar refractivity (Wildman–Crippen MR) is 112 cm³/mol. The number of benzene rings is 3. The smallest absolute Gasteiger partial charge is 0.271 e. The summed E-state index contributed by atoms with van der Waals surface area (Å²) in [7, 11) is 0. The maximum absolute atomic E-state index is 12.1. The molecule has 0 saturated carbocycles. The van der Waals surface area contributed by atoms with Crippen molar-refractivity contribution in [3.63, 3.8) is 0 Å². The quantitative estimate of drug-likeness (QED) is 0.435. The van der Waals surface area contributed by atoms with Crippen molar-refractivity contribution >= 4 is 23.0 Å². The molecule has 0 spiro atoms. The third kappa shape index (κ3) is 6.07. The van der Waals surface area contributed by atoms with Gasteiger partial charge in [-0.15, -0.1) is 0 Å². The topological polar surface area (TPSA) is 93.5 Å². The zero-order chi connectivity index (χ0) is 20.6. The van der Waals surface area contributed by atoms with E-state index in [0.29, 0.717) is 18.0 Å². The molecule has 148 valence electrons. The molecule has 7 heteroatoms. The Hall–Kier alpha value is -3.87. The molecule has 0 bridgehead atoms. The van der Waals surface area contributed by atoms with E-state index in [-0.39, 0.29) is 18.2 Å². The number of carbonyl (C=O) groups excluding carboxylic acids is 1. The largest absolute Gasteiger partial charge is 0.484 e. The van der Waals surface area contributed by atoms with Crippen molar-refractivity contribution in [2.24, 2.45) is 0 Å². The number of nitrogens with zero attached hydrogens (tertiary/aromatic N) is 1. The first kappa shape index (κ1) is 19.9. The van der Waals surface area contributed by atoms with Crippen LogP contribution in [-0.4, -0.2) is 17.4 Å². The Bertz CT molecular complexity index is 1020. The van der Waals surface area contributed by atoms with Crippen LogP contribution in [0.15, 0.2) is 72.8 Å². The summed E-state index contributed by atoms with van der Waals surface area (Å²) in [6.07, 6.45) is 0. The molecule has 0 aliphatic heterocycles. The Morgan fingerprint density at radius 1 is 1.00 bits per heavy atom. The van der Waals surface area contributed by atoms with E-state index in [1.807, 2.05) is 49.4 Å². The molecule has 3 rings (SSSR count). The molecule has 0 aliphatic carbocycles. The molecular weight excluding hydrogens is 370 g/mol. The van der Waals surface area contributed by atoms with Gasteiger partial charge in [0.15, 0.2) is 6.61 Å². The van der Waals surface area contributed by atoms with Gasteiger partial charge in [0.25, 0.3) is 11.6 Å². The Kier molecular flexibility index (Phi) is 6.42. The van der Waals surface area contributed by atoms with Gasteiger partial charge in [-0.05, 0) is 48.4 Å². The van der Waals surface area contributed by atoms with Gasteiger partial charge in [0.05, 0.1) is 4.92 Å². The van der Waals surface area contributed by atoms with Gasteiger partial charge >= 0.3 is 0 Å². The van der Waals surface area contributed by atoms with E-state index in [1.54, 1.807) is 18.2 Å². The molecule has 0 aliphatic rings. The van der Waals surface area contributed by atoms with Crippen LogP contribution in [0.25, 0.3) is 0 Å². The molecule has 1 amide bonds. The normalized spacial score (nSPS) is 10.2. The fourth-order valence-electron chi connectivity index (χ4n) is 2.75. The summed E-state index contributed by atoms with van der Waals surface area (Å²) < 4.78 is 5.58. The minimum atomic E-state index is -0.429. The van der Waals surface area contributed by atoms with Crippen molar-refractivity contribution in [1.82, 2.24) is 0 Å². The average molecular weight is 391 g/mol. The molecule has 0 unspecified atom stereocenters. The van der Waals surface area contributed by atoms with E-state index in [1.165, 1.54) is 12.1 Å². The highest BCUT2D eigenvalue weighted by molar-refractivity contribution is 5.91. The van der Waals surface area contributed by atoms with Crippen molar-refractivity contribution in [1.29, 1.82) is 0 Å². The van der Waals surface area contributed by atoms with Gasteiger partial charge in [0.1, 0.15) is 5.75 Å². The highest BCUT2D eigenvalue weighted by Crippen LogP contribution is 2.19. The molecule has 0 radical (unpaired) electrons. The molecule has 3 aromatic rings. The second-order valence-electron chi connectivity index (χ2n) is 6.51.